The van der Waals surface area contributed by atoms with Gasteiger partial charge in [-0.2, -0.15) is 0 Å². The molecule has 24 heavy (non-hydrogen) atoms. The van der Waals surface area contributed by atoms with Crippen LogP contribution >= 0.6 is 15.9 Å². The molecule has 1 amide bonds. The van der Waals surface area contributed by atoms with Gasteiger partial charge >= 0.3 is 0 Å². The molecule has 8 heteroatoms. The number of nitrogens with zero attached hydrogens (tertiary/aromatic N) is 4. The quantitative estimate of drug-likeness (QED) is 0.858. The lowest BCUT2D eigenvalue weighted by atomic mass is 10.2. The van der Waals surface area contributed by atoms with Crippen molar-refractivity contribution < 1.29 is 9.32 Å². The van der Waals surface area contributed by atoms with E-state index in [-0.39, 0.29) is 11.9 Å². The number of nitrogens with one attached hydrogen (secondary N) is 1. The van der Waals surface area contributed by atoms with E-state index in [9.17, 15) is 4.79 Å². The summed E-state index contributed by atoms with van der Waals surface area (Å²) in [5.74, 6) is 1.27. The second-order valence-corrected chi connectivity index (χ2v) is 6.77. The highest BCUT2D eigenvalue weighted by Crippen LogP contribution is 2.18. The van der Waals surface area contributed by atoms with E-state index >= 15 is 0 Å². The summed E-state index contributed by atoms with van der Waals surface area (Å²) in [6.45, 7) is 7.02. The second-order valence-electron chi connectivity index (χ2n) is 5.86. The van der Waals surface area contributed by atoms with Crippen molar-refractivity contribution in [1.82, 2.24) is 15.0 Å². The number of aryl methyl sites for hydroxylation is 1. The zero-order valence-electron chi connectivity index (χ0n) is 13.7. The lowest BCUT2D eigenvalue weighted by Crippen LogP contribution is -2.53. The molecule has 3 rings (SSSR count). The van der Waals surface area contributed by atoms with Crippen LogP contribution in [-0.2, 0) is 4.79 Å². The molecule has 128 valence electrons. The van der Waals surface area contributed by atoms with Gasteiger partial charge in [0.25, 0.3) is 0 Å². The highest BCUT2D eigenvalue weighted by atomic mass is 79.9. The number of halogens is 1. The first-order chi connectivity index (χ1) is 11.5. The minimum absolute atomic E-state index is 0.0821. The van der Waals surface area contributed by atoms with Crippen molar-refractivity contribution in [3.63, 3.8) is 0 Å². The standard InChI is InChI=1S/C16H20BrN5O2/c1-11-9-15(24-20-11)19-16(23)12(2)21-5-7-22(8-6-21)14-4-3-13(17)10-18-14/h3-4,9-10,12H,5-8H2,1-2H3,(H,19,23). The molecule has 0 aliphatic carbocycles. The highest BCUT2D eigenvalue weighted by Gasteiger charge is 2.26. The molecule has 1 aliphatic rings. The number of hydrogen-bond acceptors (Lipinski definition) is 6. The van der Waals surface area contributed by atoms with E-state index < -0.39 is 0 Å². The third-order valence-electron chi connectivity index (χ3n) is 4.15. The SMILES string of the molecule is Cc1cc(NC(=O)C(C)N2CCN(c3ccc(Br)cn3)CC2)on1. The topological polar surface area (TPSA) is 74.5 Å². The number of hydrogen-bond donors (Lipinski definition) is 1. The summed E-state index contributed by atoms with van der Waals surface area (Å²) in [5.41, 5.74) is 0.744. The molecule has 0 spiro atoms. The fraction of sp³-hybridized carbons (Fsp3) is 0.438. The van der Waals surface area contributed by atoms with Crippen molar-refractivity contribution in [1.29, 1.82) is 0 Å². The van der Waals surface area contributed by atoms with Gasteiger partial charge in [-0.15, -0.1) is 0 Å². The van der Waals surface area contributed by atoms with Gasteiger partial charge in [0.2, 0.25) is 11.8 Å². The van der Waals surface area contributed by atoms with E-state index in [4.69, 9.17) is 4.52 Å². The average Bonchev–Trinajstić information content (AvgIpc) is 3.00. The minimum Gasteiger partial charge on any atom is -0.354 e. The van der Waals surface area contributed by atoms with Gasteiger partial charge in [0.05, 0.1) is 11.7 Å². The van der Waals surface area contributed by atoms with Crippen molar-refractivity contribution in [2.75, 3.05) is 36.4 Å². The number of pyridine rings is 1. The summed E-state index contributed by atoms with van der Waals surface area (Å²) < 4.78 is 6.01. The molecule has 1 aliphatic heterocycles. The van der Waals surface area contributed by atoms with Gasteiger partial charge in [0, 0.05) is 42.9 Å². The first-order valence-corrected chi connectivity index (χ1v) is 8.67. The Kier molecular flexibility index (Phi) is 5.15. The smallest absolute Gasteiger partial charge is 0.243 e. The van der Waals surface area contributed by atoms with Gasteiger partial charge in [-0.3, -0.25) is 15.0 Å². The van der Waals surface area contributed by atoms with Crippen LogP contribution in [0.3, 0.4) is 0 Å². The number of anilines is 2. The number of piperazine rings is 1. The third-order valence-corrected chi connectivity index (χ3v) is 4.62. The molecule has 0 radical (unpaired) electrons. The zero-order chi connectivity index (χ0) is 17.1. The molecule has 2 aromatic heterocycles. The molecule has 2 aromatic rings. The maximum absolute atomic E-state index is 12.3. The van der Waals surface area contributed by atoms with E-state index in [2.05, 4.69) is 41.2 Å². The lowest BCUT2D eigenvalue weighted by Gasteiger charge is -2.37. The summed E-state index contributed by atoms with van der Waals surface area (Å²) >= 11 is 3.40. The molecule has 7 nitrogen and oxygen atoms in total. The first-order valence-electron chi connectivity index (χ1n) is 7.87. The summed E-state index contributed by atoms with van der Waals surface area (Å²) in [4.78, 5) is 21.2. The fourth-order valence-corrected chi connectivity index (χ4v) is 2.94. The number of aromatic nitrogens is 2. The van der Waals surface area contributed by atoms with Crippen LogP contribution in [0.4, 0.5) is 11.7 Å². The Bertz CT molecular complexity index is 695. The molecule has 0 bridgehead atoms. The summed E-state index contributed by atoms with van der Waals surface area (Å²) in [7, 11) is 0. The van der Waals surface area contributed by atoms with Crippen molar-refractivity contribution in [3.05, 3.63) is 34.6 Å². The van der Waals surface area contributed by atoms with E-state index in [1.54, 1.807) is 12.3 Å². The van der Waals surface area contributed by atoms with Crippen molar-refractivity contribution in [2.45, 2.75) is 19.9 Å². The lowest BCUT2D eigenvalue weighted by molar-refractivity contribution is -0.121. The van der Waals surface area contributed by atoms with Crippen LogP contribution in [-0.4, -0.2) is 53.2 Å². The number of rotatable bonds is 4. The average molecular weight is 394 g/mol. The van der Waals surface area contributed by atoms with Crippen LogP contribution in [0.15, 0.2) is 33.4 Å². The van der Waals surface area contributed by atoms with Crippen molar-refractivity contribution in [2.24, 2.45) is 0 Å². The number of amides is 1. The molecule has 1 unspecified atom stereocenters. The minimum atomic E-state index is -0.226. The molecule has 1 N–H and O–H groups in total. The van der Waals surface area contributed by atoms with Gasteiger partial charge in [-0.05, 0) is 41.9 Å². The molecule has 1 fully saturated rings. The molecular formula is C16H20BrN5O2. The Morgan fingerprint density at radius 1 is 1.33 bits per heavy atom. The third kappa shape index (κ3) is 3.93. The molecule has 0 aromatic carbocycles. The fourth-order valence-electron chi connectivity index (χ4n) is 2.71. The van der Waals surface area contributed by atoms with Gasteiger partial charge in [-0.1, -0.05) is 5.16 Å². The van der Waals surface area contributed by atoms with E-state index in [0.717, 1.165) is 42.2 Å². The molecule has 1 saturated heterocycles. The van der Waals surface area contributed by atoms with Crippen molar-refractivity contribution >= 4 is 33.5 Å². The van der Waals surface area contributed by atoms with Crippen LogP contribution < -0.4 is 10.2 Å². The monoisotopic (exact) mass is 393 g/mol. The van der Waals surface area contributed by atoms with Gasteiger partial charge < -0.3 is 9.42 Å². The Labute approximate surface area is 149 Å². The number of carbonyl (C=O) groups excluding carboxylic acids is 1. The Morgan fingerprint density at radius 3 is 2.67 bits per heavy atom. The van der Waals surface area contributed by atoms with Gasteiger partial charge in [0.15, 0.2) is 0 Å². The maximum atomic E-state index is 12.3. The summed E-state index contributed by atoms with van der Waals surface area (Å²) in [5, 5.41) is 6.54. The Morgan fingerprint density at radius 2 is 2.08 bits per heavy atom. The van der Waals surface area contributed by atoms with E-state index in [0.29, 0.717) is 5.88 Å². The van der Waals surface area contributed by atoms with Gasteiger partial charge in [-0.25, -0.2) is 4.98 Å². The molecule has 3 heterocycles. The predicted octanol–water partition coefficient (Wildman–Crippen LogP) is 2.29. The maximum Gasteiger partial charge on any atom is 0.243 e. The highest BCUT2D eigenvalue weighted by molar-refractivity contribution is 9.10. The van der Waals surface area contributed by atoms with Crippen LogP contribution in [0, 0.1) is 6.92 Å². The predicted molar refractivity (Wildman–Crippen MR) is 95.1 cm³/mol. The van der Waals surface area contributed by atoms with Crippen molar-refractivity contribution in [3.8, 4) is 0 Å². The zero-order valence-corrected chi connectivity index (χ0v) is 15.3. The van der Waals surface area contributed by atoms with Crippen LogP contribution in [0.25, 0.3) is 0 Å². The second kappa shape index (κ2) is 7.31. The van der Waals surface area contributed by atoms with E-state index in [1.807, 2.05) is 26.0 Å². The number of carbonyl (C=O) groups is 1. The van der Waals surface area contributed by atoms with Crippen LogP contribution in [0.5, 0.6) is 0 Å². The molecule has 1 atom stereocenters. The van der Waals surface area contributed by atoms with Crippen LogP contribution in [0.2, 0.25) is 0 Å². The van der Waals surface area contributed by atoms with Crippen LogP contribution in [0.1, 0.15) is 12.6 Å². The summed E-state index contributed by atoms with van der Waals surface area (Å²) in [6, 6.07) is 5.48. The first kappa shape index (κ1) is 16.9. The normalized spacial score (nSPS) is 16.9. The Hall–Kier alpha value is -1.93. The van der Waals surface area contributed by atoms with E-state index in [1.165, 1.54) is 0 Å². The summed E-state index contributed by atoms with van der Waals surface area (Å²) in [6.07, 6.45) is 1.80. The largest absolute Gasteiger partial charge is 0.354 e. The van der Waals surface area contributed by atoms with Gasteiger partial charge in [0.1, 0.15) is 5.82 Å². The molecular weight excluding hydrogens is 374 g/mol. The molecule has 0 saturated carbocycles. The Balaban J connectivity index is 1.53.